The maximum atomic E-state index is 12.3. The van der Waals surface area contributed by atoms with Crippen LogP contribution >= 0.6 is 0 Å². The van der Waals surface area contributed by atoms with Crippen LogP contribution in [0.5, 0.6) is 5.75 Å². The average Bonchev–Trinajstić information content (AvgIpc) is 3.16. The van der Waals surface area contributed by atoms with E-state index in [1.807, 2.05) is 0 Å². The smallest absolute Gasteiger partial charge is 0.459 e. The number of carbonyl (C=O) groups excluding carboxylic acids is 2. The van der Waals surface area contributed by atoms with Crippen LogP contribution in [0.2, 0.25) is 0 Å². The number of hydrogen-bond acceptors (Lipinski definition) is 4. The van der Waals surface area contributed by atoms with Crippen molar-refractivity contribution in [3.05, 3.63) is 48.4 Å². The zero-order chi connectivity index (χ0) is 19.4. The first-order valence-corrected chi connectivity index (χ1v) is 8.31. The lowest BCUT2D eigenvalue weighted by Gasteiger charge is -2.30. The predicted octanol–water partition coefficient (Wildman–Crippen LogP) is 3.67. The van der Waals surface area contributed by atoms with E-state index in [0.29, 0.717) is 31.6 Å². The topological polar surface area (TPSA) is 71.8 Å². The van der Waals surface area contributed by atoms with Gasteiger partial charge in [0.25, 0.3) is 5.91 Å². The normalized spacial score (nSPS) is 15.4. The molecule has 0 unspecified atom stereocenters. The fourth-order valence-electron chi connectivity index (χ4n) is 2.89. The molecule has 1 aliphatic rings. The summed E-state index contributed by atoms with van der Waals surface area (Å²) in [7, 11) is 0. The van der Waals surface area contributed by atoms with Gasteiger partial charge in [0.15, 0.2) is 5.76 Å². The van der Waals surface area contributed by atoms with Gasteiger partial charge in [0.05, 0.1) is 6.26 Å². The third-order valence-corrected chi connectivity index (χ3v) is 4.24. The van der Waals surface area contributed by atoms with Crippen molar-refractivity contribution in [2.24, 2.45) is 5.92 Å². The molecule has 0 spiro atoms. The van der Waals surface area contributed by atoms with Crippen molar-refractivity contribution >= 4 is 17.5 Å². The molecule has 0 radical (unpaired) electrons. The fraction of sp³-hybridized carbons (Fsp3) is 0.333. The lowest BCUT2D eigenvalue weighted by Crippen LogP contribution is -2.41. The summed E-state index contributed by atoms with van der Waals surface area (Å²) >= 11 is 0. The van der Waals surface area contributed by atoms with Gasteiger partial charge in [0.2, 0.25) is 5.91 Å². The van der Waals surface area contributed by atoms with Gasteiger partial charge in [-0.1, -0.05) is 0 Å². The van der Waals surface area contributed by atoms with Gasteiger partial charge in [-0.2, -0.15) is 0 Å². The zero-order valence-electron chi connectivity index (χ0n) is 14.2. The van der Waals surface area contributed by atoms with E-state index < -0.39 is 6.36 Å². The van der Waals surface area contributed by atoms with Crippen LogP contribution in [0.1, 0.15) is 23.4 Å². The molecule has 2 aromatic rings. The second-order valence-electron chi connectivity index (χ2n) is 6.11. The summed E-state index contributed by atoms with van der Waals surface area (Å²) < 4.78 is 45.3. The molecule has 0 bridgehead atoms. The van der Waals surface area contributed by atoms with Crippen molar-refractivity contribution in [2.45, 2.75) is 19.2 Å². The Morgan fingerprint density at radius 1 is 1.11 bits per heavy atom. The van der Waals surface area contributed by atoms with Crippen molar-refractivity contribution in [1.82, 2.24) is 4.90 Å². The molecule has 1 N–H and O–H groups in total. The summed E-state index contributed by atoms with van der Waals surface area (Å²) in [5.41, 5.74) is 0.378. The van der Waals surface area contributed by atoms with Crippen LogP contribution in [0.4, 0.5) is 18.9 Å². The van der Waals surface area contributed by atoms with Crippen molar-refractivity contribution in [1.29, 1.82) is 0 Å². The first-order chi connectivity index (χ1) is 12.8. The molecule has 3 rings (SSSR count). The Morgan fingerprint density at radius 2 is 1.78 bits per heavy atom. The van der Waals surface area contributed by atoms with Crippen LogP contribution in [0.25, 0.3) is 0 Å². The summed E-state index contributed by atoms with van der Waals surface area (Å²) in [5.74, 6) is -0.815. The number of benzene rings is 1. The molecular formula is C18H17F3N2O4. The maximum Gasteiger partial charge on any atom is 0.573 e. The standard InChI is InChI=1S/C18H17F3N2O4/c19-18(20,21)27-14-5-3-13(4-6-14)22-16(24)12-7-9-23(10-8-12)17(25)15-2-1-11-26-15/h1-6,11-12H,7-10H2,(H,22,24). The summed E-state index contributed by atoms with van der Waals surface area (Å²) in [6.07, 6.45) is -2.34. The number of rotatable bonds is 4. The van der Waals surface area contributed by atoms with E-state index in [2.05, 4.69) is 10.1 Å². The number of nitrogens with one attached hydrogen (secondary N) is 1. The van der Waals surface area contributed by atoms with Crippen LogP contribution < -0.4 is 10.1 Å². The summed E-state index contributed by atoms with van der Waals surface area (Å²) in [6.45, 7) is 0.853. The highest BCUT2D eigenvalue weighted by Gasteiger charge is 2.31. The molecule has 2 amide bonds. The highest BCUT2D eigenvalue weighted by molar-refractivity contribution is 5.94. The highest BCUT2D eigenvalue weighted by atomic mass is 19.4. The molecule has 2 heterocycles. The molecule has 6 nitrogen and oxygen atoms in total. The maximum absolute atomic E-state index is 12.3. The molecule has 0 saturated carbocycles. The van der Waals surface area contributed by atoms with Gasteiger partial charge in [-0.3, -0.25) is 9.59 Å². The molecule has 144 valence electrons. The van der Waals surface area contributed by atoms with Gasteiger partial charge >= 0.3 is 6.36 Å². The number of amides is 2. The Hall–Kier alpha value is -2.97. The molecule has 1 aromatic heterocycles. The van der Waals surface area contributed by atoms with E-state index in [-0.39, 0.29) is 29.2 Å². The number of alkyl halides is 3. The second kappa shape index (κ2) is 7.73. The first kappa shape index (κ1) is 18.8. The summed E-state index contributed by atoms with van der Waals surface area (Å²) in [4.78, 5) is 26.2. The lowest BCUT2D eigenvalue weighted by molar-refractivity contribution is -0.274. The zero-order valence-corrected chi connectivity index (χ0v) is 14.2. The quantitative estimate of drug-likeness (QED) is 0.876. The highest BCUT2D eigenvalue weighted by Crippen LogP contribution is 2.25. The minimum absolute atomic E-state index is 0.209. The SMILES string of the molecule is O=C(Nc1ccc(OC(F)(F)F)cc1)C1CCN(C(=O)c2ccco2)CC1. The fourth-order valence-corrected chi connectivity index (χ4v) is 2.89. The predicted molar refractivity (Wildman–Crippen MR) is 89.1 cm³/mol. The molecule has 1 aromatic carbocycles. The number of likely N-dealkylation sites (tertiary alicyclic amines) is 1. The van der Waals surface area contributed by atoms with Crippen molar-refractivity contribution < 1.29 is 31.9 Å². The third-order valence-electron chi connectivity index (χ3n) is 4.24. The van der Waals surface area contributed by atoms with E-state index in [4.69, 9.17) is 4.42 Å². The molecule has 27 heavy (non-hydrogen) atoms. The lowest BCUT2D eigenvalue weighted by atomic mass is 9.95. The molecule has 1 fully saturated rings. The van der Waals surface area contributed by atoms with Crippen LogP contribution in [0.3, 0.4) is 0 Å². The molecule has 0 atom stereocenters. The van der Waals surface area contributed by atoms with Crippen LogP contribution in [-0.4, -0.2) is 36.2 Å². The first-order valence-electron chi connectivity index (χ1n) is 8.31. The largest absolute Gasteiger partial charge is 0.573 e. The van der Waals surface area contributed by atoms with E-state index >= 15 is 0 Å². The van der Waals surface area contributed by atoms with Crippen molar-refractivity contribution in [3.8, 4) is 5.75 Å². The van der Waals surface area contributed by atoms with Crippen molar-refractivity contribution in [2.75, 3.05) is 18.4 Å². The van der Waals surface area contributed by atoms with E-state index in [0.717, 1.165) is 12.1 Å². The number of furan rings is 1. The Labute approximate surface area is 152 Å². The van der Waals surface area contributed by atoms with Crippen LogP contribution in [-0.2, 0) is 4.79 Å². The third kappa shape index (κ3) is 5.02. The number of carbonyl (C=O) groups is 2. The minimum Gasteiger partial charge on any atom is -0.459 e. The number of nitrogens with zero attached hydrogens (tertiary/aromatic N) is 1. The number of ether oxygens (including phenoxy) is 1. The number of anilines is 1. The Morgan fingerprint density at radius 3 is 2.33 bits per heavy atom. The monoisotopic (exact) mass is 382 g/mol. The molecule has 0 aliphatic carbocycles. The van der Waals surface area contributed by atoms with Gasteiger partial charge in [-0.05, 0) is 49.2 Å². The van der Waals surface area contributed by atoms with E-state index in [9.17, 15) is 22.8 Å². The number of halogens is 3. The number of piperidine rings is 1. The van der Waals surface area contributed by atoms with Gasteiger partial charge in [0.1, 0.15) is 5.75 Å². The van der Waals surface area contributed by atoms with E-state index in [1.165, 1.54) is 18.4 Å². The second-order valence-corrected chi connectivity index (χ2v) is 6.11. The molecule has 1 aliphatic heterocycles. The summed E-state index contributed by atoms with van der Waals surface area (Å²) in [6, 6.07) is 8.18. The Bertz CT molecular complexity index is 780. The van der Waals surface area contributed by atoms with Gasteiger partial charge in [-0.25, -0.2) is 0 Å². The van der Waals surface area contributed by atoms with Crippen LogP contribution in [0, 0.1) is 5.92 Å². The van der Waals surface area contributed by atoms with Gasteiger partial charge < -0.3 is 19.4 Å². The minimum atomic E-state index is -4.76. The summed E-state index contributed by atoms with van der Waals surface area (Å²) in [5, 5.41) is 2.68. The average molecular weight is 382 g/mol. The Balaban J connectivity index is 1.50. The molecule has 9 heteroatoms. The Kier molecular flexibility index (Phi) is 5.38. The van der Waals surface area contributed by atoms with Gasteiger partial charge in [0, 0.05) is 24.7 Å². The van der Waals surface area contributed by atoms with Crippen LogP contribution in [0.15, 0.2) is 47.1 Å². The van der Waals surface area contributed by atoms with E-state index in [1.54, 1.807) is 17.0 Å². The van der Waals surface area contributed by atoms with Gasteiger partial charge in [-0.15, -0.1) is 13.2 Å². The number of hydrogen-bond donors (Lipinski definition) is 1. The molecular weight excluding hydrogens is 365 g/mol. The molecule has 1 saturated heterocycles. The van der Waals surface area contributed by atoms with Crippen molar-refractivity contribution in [3.63, 3.8) is 0 Å².